The number of rotatable bonds is 4. The molecule has 0 unspecified atom stereocenters. The Morgan fingerprint density at radius 1 is 1.10 bits per heavy atom. The Balaban J connectivity index is 3.84. The van der Waals surface area contributed by atoms with Gasteiger partial charge in [0.25, 0.3) is 12.9 Å². The summed E-state index contributed by atoms with van der Waals surface area (Å²) >= 11 is 0. The standard InChI is InChI=1S/C5H6F4O/c1-2-10-3(4(6)7)5(8)9/h2-5H,1H2. The van der Waals surface area contributed by atoms with E-state index in [0.717, 1.165) is 0 Å². The lowest BCUT2D eigenvalue weighted by Gasteiger charge is -2.13. The molecule has 0 bridgehead atoms. The first-order valence-electron chi connectivity index (χ1n) is 2.42. The second-order valence-corrected chi connectivity index (χ2v) is 1.44. The van der Waals surface area contributed by atoms with E-state index in [2.05, 4.69) is 11.3 Å². The van der Waals surface area contributed by atoms with E-state index >= 15 is 0 Å². The highest BCUT2D eigenvalue weighted by atomic mass is 19.3. The van der Waals surface area contributed by atoms with Gasteiger partial charge >= 0.3 is 0 Å². The molecule has 0 rings (SSSR count). The summed E-state index contributed by atoms with van der Waals surface area (Å²) in [6.07, 6.45) is -8.14. The van der Waals surface area contributed by atoms with E-state index in [-0.39, 0.29) is 0 Å². The molecule has 0 aliphatic carbocycles. The quantitative estimate of drug-likeness (QED) is 0.449. The average Bonchev–Trinajstić information content (AvgIpc) is 1.81. The Hall–Kier alpha value is -0.740. The SMILES string of the molecule is C=COC(C(F)F)C(F)F. The third-order valence-corrected chi connectivity index (χ3v) is 0.750. The largest absolute Gasteiger partial charge is 0.487 e. The molecule has 0 saturated heterocycles. The monoisotopic (exact) mass is 158 g/mol. The Morgan fingerprint density at radius 2 is 1.50 bits per heavy atom. The van der Waals surface area contributed by atoms with Crippen LogP contribution < -0.4 is 0 Å². The molecular formula is C5H6F4O. The predicted octanol–water partition coefficient (Wildman–Crippen LogP) is 2.05. The van der Waals surface area contributed by atoms with Crippen LogP contribution in [0.25, 0.3) is 0 Å². The molecule has 0 aromatic rings. The van der Waals surface area contributed by atoms with Crippen molar-refractivity contribution in [2.75, 3.05) is 0 Å². The predicted molar refractivity (Wildman–Crippen MR) is 27.1 cm³/mol. The lowest BCUT2D eigenvalue weighted by molar-refractivity contribution is -0.0962. The van der Waals surface area contributed by atoms with Gasteiger partial charge in [-0.3, -0.25) is 0 Å². The summed E-state index contributed by atoms with van der Waals surface area (Å²) in [4.78, 5) is 0. The second kappa shape index (κ2) is 4.14. The van der Waals surface area contributed by atoms with Crippen molar-refractivity contribution in [1.29, 1.82) is 0 Å². The summed E-state index contributed by atoms with van der Waals surface area (Å²) in [7, 11) is 0. The summed E-state index contributed by atoms with van der Waals surface area (Å²) < 4.78 is 49.8. The van der Waals surface area contributed by atoms with Crippen LogP contribution in [0.3, 0.4) is 0 Å². The summed E-state index contributed by atoms with van der Waals surface area (Å²) in [5.41, 5.74) is 0. The summed E-state index contributed by atoms with van der Waals surface area (Å²) in [6.45, 7) is 2.88. The molecule has 60 valence electrons. The lowest BCUT2D eigenvalue weighted by atomic mass is 10.4. The van der Waals surface area contributed by atoms with Gasteiger partial charge in [-0.05, 0) is 0 Å². The zero-order chi connectivity index (χ0) is 8.15. The molecular weight excluding hydrogens is 152 g/mol. The molecule has 0 N–H and O–H groups in total. The molecule has 1 nitrogen and oxygen atoms in total. The number of halogens is 4. The molecule has 0 atom stereocenters. The molecule has 0 aromatic carbocycles. The fourth-order valence-corrected chi connectivity index (χ4v) is 0.340. The number of ether oxygens (including phenoxy) is 1. The molecule has 0 aliphatic heterocycles. The Labute approximate surface area is 55.3 Å². The number of hydrogen-bond acceptors (Lipinski definition) is 1. The highest BCUT2D eigenvalue weighted by Crippen LogP contribution is 2.14. The molecule has 0 saturated carbocycles. The van der Waals surface area contributed by atoms with E-state index in [9.17, 15) is 17.6 Å². The summed E-state index contributed by atoms with van der Waals surface area (Å²) in [5, 5.41) is 0. The topological polar surface area (TPSA) is 9.23 Å². The van der Waals surface area contributed by atoms with Crippen molar-refractivity contribution in [3.63, 3.8) is 0 Å². The van der Waals surface area contributed by atoms with Gasteiger partial charge in [-0.25, -0.2) is 17.6 Å². The minimum absolute atomic E-state index is 0.572. The van der Waals surface area contributed by atoms with Crippen LogP contribution in [0, 0.1) is 0 Å². The summed E-state index contributed by atoms with van der Waals surface area (Å²) in [5.74, 6) is 0. The van der Waals surface area contributed by atoms with Gasteiger partial charge in [-0.1, -0.05) is 6.58 Å². The van der Waals surface area contributed by atoms with Crippen LogP contribution in [0.15, 0.2) is 12.8 Å². The number of hydrogen-bond donors (Lipinski definition) is 0. The molecule has 0 radical (unpaired) electrons. The molecule has 0 aliphatic rings. The molecule has 5 heteroatoms. The zero-order valence-electron chi connectivity index (χ0n) is 4.94. The molecule has 0 aromatic heterocycles. The van der Waals surface area contributed by atoms with Crippen LogP contribution in [0.1, 0.15) is 0 Å². The van der Waals surface area contributed by atoms with Crippen molar-refractivity contribution in [1.82, 2.24) is 0 Å². The Morgan fingerprint density at radius 3 is 1.60 bits per heavy atom. The normalized spacial score (nSPS) is 11.1. The maximum atomic E-state index is 11.5. The van der Waals surface area contributed by atoms with Crippen molar-refractivity contribution in [3.8, 4) is 0 Å². The molecule has 0 spiro atoms. The van der Waals surface area contributed by atoms with Crippen LogP contribution in [0.5, 0.6) is 0 Å². The van der Waals surface area contributed by atoms with Gasteiger partial charge in [-0.15, -0.1) is 0 Å². The van der Waals surface area contributed by atoms with Gasteiger partial charge in [0, 0.05) is 0 Å². The van der Waals surface area contributed by atoms with Gasteiger partial charge in [0.2, 0.25) is 6.10 Å². The van der Waals surface area contributed by atoms with E-state index in [1.165, 1.54) is 0 Å². The highest BCUT2D eigenvalue weighted by molar-refractivity contribution is 4.66. The minimum Gasteiger partial charge on any atom is -0.487 e. The molecule has 10 heavy (non-hydrogen) atoms. The van der Waals surface area contributed by atoms with Gasteiger partial charge in [-0.2, -0.15) is 0 Å². The van der Waals surface area contributed by atoms with Crippen LogP contribution >= 0.6 is 0 Å². The van der Waals surface area contributed by atoms with Crippen LogP contribution in [0.2, 0.25) is 0 Å². The fraction of sp³-hybridized carbons (Fsp3) is 0.600. The smallest absolute Gasteiger partial charge is 0.280 e. The first-order chi connectivity index (χ1) is 4.59. The first-order valence-corrected chi connectivity index (χ1v) is 2.42. The molecule has 0 amide bonds. The third-order valence-electron chi connectivity index (χ3n) is 0.750. The van der Waals surface area contributed by atoms with Crippen molar-refractivity contribution in [2.24, 2.45) is 0 Å². The fourth-order valence-electron chi connectivity index (χ4n) is 0.340. The summed E-state index contributed by atoms with van der Waals surface area (Å²) in [6, 6.07) is 0. The maximum absolute atomic E-state index is 11.5. The van der Waals surface area contributed by atoms with E-state index in [1.54, 1.807) is 0 Å². The van der Waals surface area contributed by atoms with Crippen molar-refractivity contribution in [2.45, 2.75) is 19.0 Å². The highest BCUT2D eigenvalue weighted by Gasteiger charge is 2.30. The van der Waals surface area contributed by atoms with E-state index in [1.807, 2.05) is 0 Å². The van der Waals surface area contributed by atoms with Gasteiger partial charge in [0.1, 0.15) is 0 Å². The first kappa shape index (κ1) is 9.26. The van der Waals surface area contributed by atoms with E-state index < -0.39 is 19.0 Å². The maximum Gasteiger partial charge on any atom is 0.280 e. The Kier molecular flexibility index (Phi) is 3.83. The van der Waals surface area contributed by atoms with Gasteiger partial charge in [0.05, 0.1) is 6.26 Å². The Bertz CT molecular complexity index is 95.8. The van der Waals surface area contributed by atoms with Gasteiger partial charge in [0.15, 0.2) is 0 Å². The number of alkyl halides is 4. The van der Waals surface area contributed by atoms with Crippen LogP contribution in [0.4, 0.5) is 17.6 Å². The molecule has 0 fully saturated rings. The van der Waals surface area contributed by atoms with E-state index in [0.29, 0.717) is 6.26 Å². The average molecular weight is 158 g/mol. The van der Waals surface area contributed by atoms with Crippen molar-refractivity contribution < 1.29 is 22.3 Å². The van der Waals surface area contributed by atoms with E-state index in [4.69, 9.17) is 0 Å². The molecule has 0 heterocycles. The van der Waals surface area contributed by atoms with Crippen molar-refractivity contribution in [3.05, 3.63) is 12.8 Å². The zero-order valence-corrected chi connectivity index (χ0v) is 4.94. The third kappa shape index (κ3) is 2.70. The second-order valence-electron chi connectivity index (χ2n) is 1.44. The van der Waals surface area contributed by atoms with Crippen LogP contribution in [-0.2, 0) is 4.74 Å². The minimum atomic E-state index is -3.18. The van der Waals surface area contributed by atoms with Gasteiger partial charge < -0.3 is 4.74 Å². The van der Waals surface area contributed by atoms with Crippen LogP contribution in [-0.4, -0.2) is 19.0 Å². The lowest BCUT2D eigenvalue weighted by Crippen LogP contribution is -2.28. The van der Waals surface area contributed by atoms with Crippen molar-refractivity contribution >= 4 is 0 Å².